The zero-order valence-corrected chi connectivity index (χ0v) is 39.2. The first-order valence-corrected chi connectivity index (χ1v) is 22.2. The highest BCUT2D eigenvalue weighted by Gasteiger charge is 2.08. The standard InChI is InChI=1S/3C12H24O2.C11H22O2/c2*1-10(2)11(3)8-6-5-7-9-12(13)14-4;1-10(2)11(3)8-6-5-7-9-14-12(4)13;1-10(2)8-6-4-5-7-9-13-11(3)12/h3*10-11H,5-9H2,1-4H3;10H,4-9H2,1-3H3. The van der Waals surface area contributed by atoms with E-state index in [1.165, 1.54) is 98.7 Å². The lowest BCUT2D eigenvalue weighted by Gasteiger charge is -2.14. The minimum absolute atomic E-state index is 0.0816. The van der Waals surface area contributed by atoms with Gasteiger partial charge in [0.25, 0.3) is 0 Å². The molecule has 0 aliphatic rings. The molecule has 0 aliphatic carbocycles. The number of carbonyl (C=O) groups excluding carboxylic acids is 4. The molecule has 8 nitrogen and oxygen atoms in total. The number of hydrogen-bond acceptors (Lipinski definition) is 8. The van der Waals surface area contributed by atoms with E-state index in [4.69, 9.17) is 9.47 Å². The number of methoxy groups -OCH3 is 2. The van der Waals surface area contributed by atoms with Gasteiger partial charge in [0.15, 0.2) is 0 Å². The second-order valence-corrected chi connectivity index (χ2v) is 17.1. The highest BCUT2D eigenvalue weighted by molar-refractivity contribution is 5.69. The monoisotopic (exact) mass is 787 g/mol. The fourth-order valence-corrected chi connectivity index (χ4v) is 5.21. The second-order valence-electron chi connectivity index (χ2n) is 17.1. The van der Waals surface area contributed by atoms with Crippen LogP contribution in [0.3, 0.4) is 0 Å². The van der Waals surface area contributed by atoms with Gasteiger partial charge in [-0.15, -0.1) is 0 Å². The van der Waals surface area contributed by atoms with Gasteiger partial charge in [0.05, 0.1) is 27.4 Å². The van der Waals surface area contributed by atoms with Crippen LogP contribution in [0.15, 0.2) is 0 Å². The third-order valence-corrected chi connectivity index (χ3v) is 10.5. The molecule has 0 amide bonds. The maximum absolute atomic E-state index is 10.8. The molecule has 3 unspecified atom stereocenters. The minimum atomic E-state index is -0.166. The Bertz CT molecular complexity index is 831. The molecule has 0 rings (SSSR count). The Morgan fingerprint density at radius 1 is 0.382 bits per heavy atom. The summed E-state index contributed by atoms with van der Waals surface area (Å²) >= 11 is 0. The molecule has 0 heterocycles. The molecule has 0 aromatic heterocycles. The SMILES string of the molecule is CC(=O)OCCCCCC(C)C(C)C.CC(=O)OCCCCCCC(C)C.COC(=O)CCCCCC(C)C(C)C.COC(=O)CCCCCC(C)C(C)C. The average Bonchev–Trinajstić information content (AvgIpc) is 3.12. The molecule has 0 aromatic carbocycles. The Morgan fingerprint density at radius 2 is 0.655 bits per heavy atom. The van der Waals surface area contributed by atoms with Crippen molar-refractivity contribution in [3.05, 3.63) is 0 Å². The van der Waals surface area contributed by atoms with Crippen molar-refractivity contribution in [1.29, 1.82) is 0 Å². The lowest BCUT2D eigenvalue weighted by molar-refractivity contribution is -0.142. The van der Waals surface area contributed by atoms with Crippen molar-refractivity contribution in [2.75, 3.05) is 27.4 Å². The van der Waals surface area contributed by atoms with Crippen LogP contribution in [-0.4, -0.2) is 51.3 Å². The van der Waals surface area contributed by atoms with Crippen LogP contribution in [0.2, 0.25) is 0 Å². The summed E-state index contributed by atoms with van der Waals surface area (Å²) < 4.78 is 18.8. The maximum Gasteiger partial charge on any atom is 0.305 e. The Hall–Kier alpha value is -2.12. The van der Waals surface area contributed by atoms with Crippen LogP contribution >= 0.6 is 0 Å². The summed E-state index contributed by atoms with van der Waals surface area (Å²) in [6.45, 7) is 29.1. The molecule has 0 N–H and O–H groups in total. The third kappa shape index (κ3) is 54.0. The van der Waals surface area contributed by atoms with Crippen molar-refractivity contribution in [2.24, 2.45) is 41.4 Å². The molecule has 330 valence electrons. The lowest BCUT2D eigenvalue weighted by atomic mass is 9.92. The van der Waals surface area contributed by atoms with E-state index in [9.17, 15) is 19.2 Å². The van der Waals surface area contributed by atoms with Gasteiger partial charge in [0.1, 0.15) is 0 Å². The smallest absolute Gasteiger partial charge is 0.305 e. The highest BCUT2D eigenvalue weighted by Crippen LogP contribution is 2.19. The molecule has 0 bridgehead atoms. The van der Waals surface area contributed by atoms with Gasteiger partial charge >= 0.3 is 23.9 Å². The van der Waals surface area contributed by atoms with Gasteiger partial charge in [-0.25, -0.2) is 0 Å². The van der Waals surface area contributed by atoms with E-state index in [-0.39, 0.29) is 23.9 Å². The van der Waals surface area contributed by atoms with E-state index in [1.54, 1.807) is 0 Å². The largest absolute Gasteiger partial charge is 0.469 e. The van der Waals surface area contributed by atoms with Crippen LogP contribution < -0.4 is 0 Å². The van der Waals surface area contributed by atoms with Gasteiger partial charge < -0.3 is 18.9 Å². The molecule has 0 spiro atoms. The highest BCUT2D eigenvalue weighted by atomic mass is 16.5. The van der Waals surface area contributed by atoms with Crippen LogP contribution in [0, 0.1) is 41.4 Å². The van der Waals surface area contributed by atoms with Gasteiger partial charge in [-0.05, 0) is 67.1 Å². The first-order valence-electron chi connectivity index (χ1n) is 22.2. The van der Waals surface area contributed by atoms with Crippen LogP contribution in [0.5, 0.6) is 0 Å². The molecule has 8 heteroatoms. The minimum Gasteiger partial charge on any atom is -0.469 e. The number of hydrogen-bond donors (Lipinski definition) is 0. The van der Waals surface area contributed by atoms with Crippen molar-refractivity contribution >= 4 is 23.9 Å². The molecule has 0 saturated heterocycles. The van der Waals surface area contributed by atoms with Crippen molar-refractivity contribution in [3.63, 3.8) is 0 Å². The molecule has 0 fully saturated rings. The number of carbonyl (C=O) groups is 4. The molecule has 0 aliphatic heterocycles. The third-order valence-electron chi connectivity index (χ3n) is 10.5. The topological polar surface area (TPSA) is 105 Å². The summed E-state index contributed by atoms with van der Waals surface area (Å²) in [5.41, 5.74) is 0. The summed E-state index contributed by atoms with van der Waals surface area (Å²) in [6, 6.07) is 0. The Labute approximate surface area is 342 Å². The number of unbranched alkanes of at least 4 members (excludes halogenated alkanes) is 9. The second kappa shape index (κ2) is 43.0. The van der Waals surface area contributed by atoms with E-state index in [0.29, 0.717) is 26.1 Å². The van der Waals surface area contributed by atoms with E-state index in [0.717, 1.165) is 80.0 Å². The zero-order chi connectivity index (χ0) is 43.0. The van der Waals surface area contributed by atoms with Crippen LogP contribution in [0.4, 0.5) is 0 Å². The first-order chi connectivity index (χ1) is 25.8. The van der Waals surface area contributed by atoms with E-state index in [1.807, 2.05) is 0 Å². The Kier molecular flexibility index (Phi) is 46.6. The zero-order valence-electron chi connectivity index (χ0n) is 39.2. The van der Waals surface area contributed by atoms with Crippen molar-refractivity contribution in [1.82, 2.24) is 0 Å². The summed E-state index contributed by atoms with van der Waals surface area (Å²) in [7, 11) is 2.90. The molecule has 3 atom stereocenters. The van der Waals surface area contributed by atoms with Crippen LogP contribution in [-0.2, 0) is 38.1 Å². The quantitative estimate of drug-likeness (QED) is 0.0438. The predicted molar refractivity (Wildman–Crippen MR) is 232 cm³/mol. The first kappa shape index (κ1) is 59.6. The van der Waals surface area contributed by atoms with E-state index >= 15 is 0 Å². The van der Waals surface area contributed by atoms with Gasteiger partial charge in [-0.1, -0.05) is 160 Å². The fourth-order valence-electron chi connectivity index (χ4n) is 5.21. The normalized spacial score (nSPS) is 12.3. The maximum atomic E-state index is 10.8. The Morgan fingerprint density at radius 3 is 0.927 bits per heavy atom. The van der Waals surface area contributed by atoms with Gasteiger partial charge in [0.2, 0.25) is 0 Å². The van der Waals surface area contributed by atoms with Gasteiger partial charge in [0, 0.05) is 26.7 Å². The average molecular weight is 787 g/mol. The van der Waals surface area contributed by atoms with Crippen molar-refractivity contribution in [2.45, 2.75) is 212 Å². The summed E-state index contributed by atoms with van der Waals surface area (Å²) in [6.07, 6.45) is 21.2. The number of ether oxygens (including phenoxy) is 4. The van der Waals surface area contributed by atoms with Gasteiger partial charge in [-0.2, -0.15) is 0 Å². The Balaban J connectivity index is -0.000000315. The van der Waals surface area contributed by atoms with Crippen molar-refractivity contribution in [3.8, 4) is 0 Å². The molecular weight excluding hydrogens is 693 g/mol. The lowest BCUT2D eigenvalue weighted by Crippen LogP contribution is -2.04. The van der Waals surface area contributed by atoms with Crippen LogP contribution in [0.25, 0.3) is 0 Å². The fraction of sp³-hybridized carbons (Fsp3) is 0.915. The molecule has 55 heavy (non-hydrogen) atoms. The number of rotatable bonds is 28. The predicted octanol–water partition coefficient (Wildman–Crippen LogP) is 13.4. The molecule has 0 radical (unpaired) electrons. The molecule has 0 aromatic rings. The van der Waals surface area contributed by atoms with Crippen molar-refractivity contribution < 1.29 is 38.1 Å². The van der Waals surface area contributed by atoms with Crippen LogP contribution in [0.1, 0.15) is 212 Å². The summed E-state index contributed by atoms with van der Waals surface area (Å²) in [4.78, 5) is 42.4. The number of esters is 4. The summed E-state index contributed by atoms with van der Waals surface area (Å²) in [5, 5.41) is 0. The molecule has 0 saturated carbocycles. The summed E-state index contributed by atoms with van der Waals surface area (Å²) in [5.74, 6) is 5.06. The van der Waals surface area contributed by atoms with E-state index < -0.39 is 0 Å². The van der Waals surface area contributed by atoms with E-state index in [2.05, 4.69) is 85.6 Å². The molecular formula is C47H94O8. The van der Waals surface area contributed by atoms with Gasteiger partial charge in [-0.3, -0.25) is 19.2 Å².